The second kappa shape index (κ2) is 8.56. The Bertz CT molecular complexity index is 900. The van der Waals surface area contributed by atoms with Crippen LogP contribution in [0.1, 0.15) is 55.6 Å². The van der Waals surface area contributed by atoms with E-state index in [1.54, 1.807) is 0 Å². The van der Waals surface area contributed by atoms with Gasteiger partial charge in [0.25, 0.3) is 0 Å². The summed E-state index contributed by atoms with van der Waals surface area (Å²) >= 11 is 0. The minimum atomic E-state index is -0.214. The minimum Gasteiger partial charge on any atom is -0.469 e. The third-order valence-electron chi connectivity index (χ3n) is 5.38. The summed E-state index contributed by atoms with van der Waals surface area (Å²) in [5, 5.41) is 5.39. The number of para-hydroxylation sites is 1. The molecule has 4 rings (SSSR count). The summed E-state index contributed by atoms with van der Waals surface area (Å²) in [6, 6.07) is 11.0. The number of carbonyl (C=O) groups is 1. The fraction of sp³-hybridized carbons (Fsp3) is 0.476. The number of benzene rings is 1. The van der Waals surface area contributed by atoms with E-state index in [1.807, 2.05) is 0 Å². The van der Waals surface area contributed by atoms with Crippen LogP contribution in [0.3, 0.4) is 0 Å². The highest BCUT2D eigenvalue weighted by Gasteiger charge is 2.26. The van der Waals surface area contributed by atoms with Gasteiger partial charge in [-0.05, 0) is 43.3 Å². The molecule has 0 bridgehead atoms. The Kier molecular flexibility index (Phi) is 5.71. The summed E-state index contributed by atoms with van der Waals surface area (Å²) in [5.41, 5.74) is 2.43. The molecular weight excluding hydrogens is 356 g/mol. The predicted molar refractivity (Wildman–Crippen MR) is 105 cm³/mol. The standard InChI is InChI=1S/C21H26N4O3/c1-27-21(26)11-6-10-20-23-19(24-28-20)14-25-12-5-4-9-18(25)17-13-15-7-2-3-8-16(15)22-17/h2-3,7-8,13,18,22H,4-6,9-12,14H2,1H3/t18-/m0/s1. The zero-order valence-corrected chi connectivity index (χ0v) is 16.2. The molecule has 1 aliphatic rings. The number of nitrogens with zero attached hydrogens (tertiary/aromatic N) is 3. The second-order valence-electron chi connectivity index (χ2n) is 7.33. The number of nitrogens with one attached hydrogen (secondary N) is 1. The minimum absolute atomic E-state index is 0.214. The zero-order chi connectivity index (χ0) is 19.3. The number of esters is 1. The molecule has 0 radical (unpaired) electrons. The van der Waals surface area contributed by atoms with Gasteiger partial charge in [-0.25, -0.2) is 0 Å². The van der Waals surface area contributed by atoms with Crippen LogP contribution in [0.2, 0.25) is 0 Å². The Morgan fingerprint density at radius 2 is 2.25 bits per heavy atom. The van der Waals surface area contributed by atoms with Gasteiger partial charge in [0, 0.05) is 24.1 Å². The number of aryl methyl sites for hydroxylation is 1. The van der Waals surface area contributed by atoms with E-state index in [4.69, 9.17) is 4.52 Å². The zero-order valence-electron chi connectivity index (χ0n) is 16.2. The maximum atomic E-state index is 11.2. The molecule has 28 heavy (non-hydrogen) atoms. The first-order valence-electron chi connectivity index (χ1n) is 9.93. The number of fused-ring (bicyclic) bond motifs is 1. The van der Waals surface area contributed by atoms with E-state index >= 15 is 0 Å². The number of hydrogen-bond donors (Lipinski definition) is 1. The smallest absolute Gasteiger partial charge is 0.305 e. The number of carbonyl (C=O) groups excluding carboxylic acids is 1. The van der Waals surface area contributed by atoms with Crippen LogP contribution in [0.15, 0.2) is 34.9 Å². The molecule has 2 aromatic heterocycles. The van der Waals surface area contributed by atoms with Crippen LogP contribution >= 0.6 is 0 Å². The number of aromatic nitrogens is 3. The summed E-state index contributed by atoms with van der Waals surface area (Å²) in [6.07, 6.45) is 5.13. The highest BCUT2D eigenvalue weighted by molar-refractivity contribution is 5.80. The molecular formula is C21H26N4O3. The van der Waals surface area contributed by atoms with Gasteiger partial charge in [-0.2, -0.15) is 4.98 Å². The topological polar surface area (TPSA) is 84.2 Å². The first-order valence-corrected chi connectivity index (χ1v) is 9.93. The number of likely N-dealkylation sites (tertiary alicyclic amines) is 1. The molecule has 0 amide bonds. The van der Waals surface area contributed by atoms with Crippen molar-refractivity contribution < 1.29 is 14.1 Å². The summed E-state index contributed by atoms with van der Waals surface area (Å²) in [5.74, 6) is 1.07. The number of ether oxygens (including phenoxy) is 1. The van der Waals surface area contributed by atoms with Crippen molar-refractivity contribution in [2.45, 2.75) is 51.1 Å². The number of hydrogen-bond acceptors (Lipinski definition) is 6. The van der Waals surface area contributed by atoms with Gasteiger partial charge in [-0.15, -0.1) is 0 Å². The molecule has 1 fully saturated rings. The maximum absolute atomic E-state index is 11.2. The van der Waals surface area contributed by atoms with Crippen LogP contribution in [0.4, 0.5) is 0 Å². The van der Waals surface area contributed by atoms with E-state index in [1.165, 1.54) is 36.5 Å². The Morgan fingerprint density at radius 1 is 1.36 bits per heavy atom. The molecule has 1 aromatic carbocycles. The summed E-state index contributed by atoms with van der Waals surface area (Å²) in [6.45, 7) is 1.69. The van der Waals surface area contributed by atoms with Gasteiger partial charge >= 0.3 is 5.97 Å². The van der Waals surface area contributed by atoms with Crippen LogP contribution in [0.25, 0.3) is 10.9 Å². The van der Waals surface area contributed by atoms with E-state index in [-0.39, 0.29) is 5.97 Å². The van der Waals surface area contributed by atoms with Crippen LogP contribution in [-0.4, -0.2) is 39.6 Å². The number of piperidine rings is 1. The van der Waals surface area contributed by atoms with Gasteiger partial charge < -0.3 is 14.2 Å². The van der Waals surface area contributed by atoms with Crippen molar-refractivity contribution in [3.8, 4) is 0 Å². The fourth-order valence-corrected chi connectivity index (χ4v) is 3.93. The van der Waals surface area contributed by atoms with Gasteiger partial charge in [-0.3, -0.25) is 9.69 Å². The van der Waals surface area contributed by atoms with Gasteiger partial charge in [0.05, 0.1) is 19.7 Å². The Labute approximate surface area is 164 Å². The van der Waals surface area contributed by atoms with Crippen molar-refractivity contribution in [2.75, 3.05) is 13.7 Å². The first-order chi connectivity index (χ1) is 13.7. The highest BCUT2D eigenvalue weighted by Crippen LogP contribution is 2.33. The Morgan fingerprint density at radius 3 is 3.11 bits per heavy atom. The largest absolute Gasteiger partial charge is 0.469 e. The average molecular weight is 382 g/mol. The van der Waals surface area contributed by atoms with Gasteiger partial charge in [-0.1, -0.05) is 29.8 Å². The van der Waals surface area contributed by atoms with E-state index < -0.39 is 0 Å². The maximum Gasteiger partial charge on any atom is 0.305 e. The molecule has 3 aromatic rings. The molecule has 0 aliphatic carbocycles. The Balaban J connectivity index is 1.42. The second-order valence-corrected chi connectivity index (χ2v) is 7.33. The van der Waals surface area contributed by atoms with Gasteiger partial charge in [0.1, 0.15) is 0 Å². The van der Waals surface area contributed by atoms with Crippen molar-refractivity contribution >= 4 is 16.9 Å². The van der Waals surface area contributed by atoms with Crippen molar-refractivity contribution in [3.05, 3.63) is 47.7 Å². The molecule has 7 nitrogen and oxygen atoms in total. The Hall–Kier alpha value is -2.67. The van der Waals surface area contributed by atoms with Crippen LogP contribution in [-0.2, 0) is 22.5 Å². The van der Waals surface area contributed by atoms with Crippen molar-refractivity contribution in [1.29, 1.82) is 0 Å². The lowest BCUT2D eigenvalue weighted by atomic mass is 9.99. The third-order valence-corrected chi connectivity index (χ3v) is 5.38. The lowest BCUT2D eigenvalue weighted by molar-refractivity contribution is -0.140. The summed E-state index contributed by atoms with van der Waals surface area (Å²) in [7, 11) is 1.40. The van der Waals surface area contributed by atoms with Crippen molar-refractivity contribution in [1.82, 2.24) is 20.0 Å². The molecule has 0 saturated carbocycles. The number of aromatic amines is 1. The molecule has 1 atom stereocenters. The number of methoxy groups -OCH3 is 1. The summed E-state index contributed by atoms with van der Waals surface area (Å²) < 4.78 is 10.0. The summed E-state index contributed by atoms with van der Waals surface area (Å²) in [4.78, 5) is 21.7. The third kappa shape index (κ3) is 4.25. The quantitative estimate of drug-likeness (QED) is 0.626. The molecule has 148 valence electrons. The number of H-pyrrole nitrogens is 1. The van der Waals surface area contributed by atoms with Crippen LogP contribution in [0, 0.1) is 0 Å². The SMILES string of the molecule is COC(=O)CCCc1nc(CN2CCCC[C@H]2c2cc3ccccc3[nH]2)no1. The lowest BCUT2D eigenvalue weighted by Gasteiger charge is -2.34. The molecule has 1 N–H and O–H groups in total. The predicted octanol–water partition coefficient (Wildman–Crippen LogP) is 3.77. The molecule has 0 spiro atoms. The van der Waals surface area contributed by atoms with Crippen molar-refractivity contribution in [2.24, 2.45) is 0 Å². The number of rotatable bonds is 7. The van der Waals surface area contributed by atoms with E-state index in [9.17, 15) is 4.79 Å². The van der Waals surface area contributed by atoms with Crippen molar-refractivity contribution in [3.63, 3.8) is 0 Å². The molecule has 3 heterocycles. The van der Waals surface area contributed by atoms with Gasteiger partial charge in [0.15, 0.2) is 5.82 Å². The fourth-order valence-electron chi connectivity index (χ4n) is 3.93. The van der Waals surface area contributed by atoms with E-state index in [2.05, 4.69) is 55.1 Å². The highest BCUT2D eigenvalue weighted by atomic mass is 16.5. The van der Waals surface area contributed by atoms with E-state index in [0.29, 0.717) is 43.6 Å². The molecule has 0 unspecified atom stereocenters. The molecule has 7 heteroatoms. The first kappa shape index (κ1) is 18.7. The monoisotopic (exact) mass is 382 g/mol. The molecule has 1 saturated heterocycles. The van der Waals surface area contributed by atoms with Gasteiger partial charge in [0.2, 0.25) is 5.89 Å². The van der Waals surface area contributed by atoms with Crippen LogP contribution in [0.5, 0.6) is 0 Å². The normalized spacial score (nSPS) is 17.8. The molecule has 1 aliphatic heterocycles. The average Bonchev–Trinajstić information content (AvgIpc) is 3.35. The van der Waals surface area contributed by atoms with E-state index in [0.717, 1.165) is 13.0 Å². The van der Waals surface area contributed by atoms with Crippen LogP contribution < -0.4 is 0 Å². The lowest BCUT2D eigenvalue weighted by Crippen LogP contribution is -2.33.